The van der Waals surface area contributed by atoms with Gasteiger partial charge in [-0.25, -0.2) is 0 Å². The average Bonchev–Trinajstić information content (AvgIpc) is 2.17. The minimum Gasteiger partial charge on any atom is -0.388 e. The molecule has 0 aromatic heterocycles. The Balaban J connectivity index is 2.61. The zero-order valence-electron chi connectivity index (χ0n) is 8.84. The fourth-order valence-electron chi connectivity index (χ4n) is 1.60. The largest absolute Gasteiger partial charge is 0.388 e. The average molecular weight is 275 g/mol. The van der Waals surface area contributed by atoms with Gasteiger partial charge >= 0.3 is 0 Å². The fourth-order valence-corrected chi connectivity index (χ4v) is 2.08. The number of aryl methyl sites for hydroxylation is 1. The molecule has 0 aliphatic rings. The van der Waals surface area contributed by atoms with Crippen molar-refractivity contribution in [3.05, 3.63) is 33.8 Å². The predicted molar refractivity (Wildman–Crippen MR) is 63.7 cm³/mol. The molecule has 0 aliphatic carbocycles. The number of rotatable bonds is 5. The van der Waals surface area contributed by atoms with Gasteiger partial charge in [-0.3, -0.25) is 4.39 Å². The Morgan fingerprint density at radius 2 is 2.13 bits per heavy atom. The molecule has 0 spiro atoms. The molecule has 1 aromatic carbocycles. The van der Waals surface area contributed by atoms with Crippen LogP contribution in [0.15, 0.2) is 22.7 Å². The maximum absolute atomic E-state index is 11.9. The summed E-state index contributed by atoms with van der Waals surface area (Å²) < 4.78 is 12.9. The summed E-state index contributed by atoms with van der Waals surface area (Å²) in [5.41, 5.74) is 2.01. The molecule has 3 heteroatoms. The van der Waals surface area contributed by atoms with Gasteiger partial charge in [-0.05, 0) is 49.4 Å². The lowest BCUT2D eigenvalue weighted by atomic mass is 9.99. The molecule has 1 unspecified atom stereocenters. The summed E-state index contributed by atoms with van der Waals surface area (Å²) in [4.78, 5) is 0. The minimum absolute atomic E-state index is 0.300. The van der Waals surface area contributed by atoms with Crippen LogP contribution in [-0.2, 0) is 0 Å². The SMILES string of the molecule is Cc1cc(Br)ccc1C(O)CCCCF. The number of aliphatic hydroxyl groups excluding tert-OH is 1. The van der Waals surface area contributed by atoms with E-state index in [1.807, 2.05) is 25.1 Å². The van der Waals surface area contributed by atoms with Crippen molar-refractivity contribution in [1.82, 2.24) is 0 Å². The van der Waals surface area contributed by atoms with Crippen molar-refractivity contribution in [2.75, 3.05) is 6.67 Å². The van der Waals surface area contributed by atoms with Crippen LogP contribution in [-0.4, -0.2) is 11.8 Å². The quantitative estimate of drug-likeness (QED) is 0.807. The first-order chi connectivity index (χ1) is 7.15. The topological polar surface area (TPSA) is 20.2 Å². The lowest BCUT2D eigenvalue weighted by molar-refractivity contribution is 0.162. The number of benzene rings is 1. The van der Waals surface area contributed by atoms with Crippen molar-refractivity contribution < 1.29 is 9.50 Å². The van der Waals surface area contributed by atoms with E-state index < -0.39 is 6.10 Å². The van der Waals surface area contributed by atoms with Gasteiger partial charge in [-0.1, -0.05) is 22.0 Å². The maximum Gasteiger partial charge on any atom is 0.0894 e. The first-order valence-electron chi connectivity index (χ1n) is 5.15. The highest BCUT2D eigenvalue weighted by molar-refractivity contribution is 9.10. The van der Waals surface area contributed by atoms with Gasteiger partial charge in [0.2, 0.25) is 0 Å². The van der Waals surface area contributed by atoms with E-state index in [-0.39, 0.29) is 6.67 Å². The fraction of sp³-hybridized carbons (Fsp3) is 0.500. The molecule has 15 heavy (non-hydrogen) atoms. The molecule has 1 rings (SSSR count). The van der Waals surface area contributed by atoms with Gasteiger partial charge in [0.15, 0.2) is 0 Å². The first-order valence-corrected chi connectivity index (χ1v) is 5.94. The van der Waals surface area contributed by atoms with Crippen molar-refractivity contribution in [2.24, 2.45) is 0 Å². The predicted octanol–water partition coefficient (Wildman–Crippen LogP) is 3.93. The zero-order chi connectivity index (χ0) is 11.3. The third kappa shape index (κ3) is 3.92. The van der Waals surface area contributed by atoms with Gasteiger partial charge in [0, 0.05) is 4.47 Å². The van der Waals surface area contributed by atoms with Crippen LogP contribution < -0.4 is 0 Å². The summed E-state index contributed by atoms with van der Waals surface area (Å²) in [7, 11) is 0. The first kappa shape index (κ1) is 12.7. The van der Waals surface area contributed by atoms with E-state index >= 15 is 0 Å². The Morgan fingerprint density at radius 3 is 2.73 bits per heavy atom. The highest BCUT2D eigenvalue weighted by Crippen LogP contribution is 2.25. The second kappa shape index (κ2) is 6.23. The maximum atomic E-state index is 11.9. The number of hydrogen-bond acceptors (Lipinski definition) is 1. The standard InChI is InChI=1S/C12H16BrFO/c1-9-8-10(13)5-6-11(9)12(15)4-2-3-7-14/h5-6,8,12,15H,2-4,7H2,1H3. The summed E-state index contributed by atoms with van der Waals surface area (Å²) in [6.45, 7) is 1.67. The summed E-state index contributed by atoms with van der Waals surface area (Å²) in [5, 5.41) is 9.88. The molecule has 1 N–H and O–H groups in total. The van der Waals surface area contributed by atoms with E-state index in [9.17, 15) is 9.50 Å². The van der Waals surface area contributed by atoms with E-state index in [1.165, 1.54) is 0 Å². The Kier molecular flexibility index (Phi) is 5.26. The molecule has 1 atom stereocenters. The van der Waals surface area contributed by atoms with E-state index in [0.29, 0.717) is 12.8 Å². The molecule has 0 fully saturated rings. The number of halogens is 2. The summed E-state index contributed by atoms with van der Waals surface area (Å²) >= 11 is 3.38. The number of aliphatic hydroxyl groups is 1. The monoisotopic (exact) mass is 274 g/mol. The second-order valence-corrected chi connectivity index (χ2v) is 4.62. The summed E-state index contributed by atoms with van der Waals surface area (Å²) in [6, 6.07) is 5.81. The summed E-state index contributed by atoms with van der Waals surface area (Å²) in [5.74, 6) is 0. The van der Waals surface area contributed by atoms with Crippen LogP contribution in [0.5, 0.6) is 0 Å². The van der Waals surface area contributed by atoms with Crippen LogP contribution >= 0.6 is 15.9 Å². The highest BCUT2D eigenvalue weighted by atomic mass is 79.9. The molecular weight excluding hydrogens is 259 g/mol. The van der Waals surface area contributed by atoms with Gasteiger partial charge in [-0.15, -0.1) is 0 Å². The van der Waals surface area contributed by atoms with Crippen LogP contribution in [0.25, 0.3) is 0 Å². The number of hydrogen-bond donors (Lipinski definition) is 1. The molecule has 0 radical (unpaired) electrons. The third-order valence-corrected chi connectivity index (χ3v) is 2.95. The molecule has 0 saturated heterocycles. The molecule has 84 valence electrons. The van der Waals surface area contributed by atoms with Crippen molar-refractivity contribution in [1.29, 1.82) is 0 Å². The van der Waals surface area contributed by atoms with Gasteiger partial charge in [0.1, 0.15) is 0 Å². The Hall–Kier alpha value is -0.410. The lowest BCUT2D eigenvalue weighted by Crippen LogP contribution is -2.00. The van der Waals surface area contributed by atoms with E-state index in [0.717, 1.165) is 22.0 Å². The lowest BCUT2D eigenvalue weighted by Gasteiger charge is -2.13. The van der Waals surface area contributed by atoms with E-state index in [2.05, 4.69) is 15.9 Å². The van der Waals surface area contributed by atoms with E-state index in [1.54, 1.807) is 0 Å². The van der Waals surface area contributed by atoms with Crippen molar-refractivity contribution in [3.63, 3.8) is 0 Å². The molecule has 0 saturated carbocycles. The molecule has 0 heterocycles. The molecular formula is C12H16BrFO. The van der Waals surface area contributed by atoms with Crippen LogP contribution in [0.2, 0.25) is 0 Å². The van der Waals surface area contributed by atoms with Crippen LogP contribution in [0.4, 0.5) is 4.39 Å². The summed E-state index contributed by atoms with van der Waals surface area (Å²) in [6.07, 6.45) is 1.43. The molecule has 0 aliphatic heterocycles. The number of unbranched alkanes of at least 4 members (excludes halogenated alkanes) is 1. The number of alkyl halides is 1. The molecule has 1 aromatic rings. The van der Waals surface area contributed by atoms with Gasteiger partial charge in [0.25, 0.3) is 0 Å². The Bertz CT molecular complexity index is 314. The molecule has 0 bridgehead atoms. The Labute approximate surface area is 98.4 Å². The van der Waals surface area contributed by atoms with Gasteiger partial charge in [-0.2, -0.15) is 0 Å². The van der Waals surface area contributed by atoms with Crippen molar-refractivity contribution in [2.45, 2.75) is 32.3 Å². The van der Waals surface area contributed by atoms with Gasteiger partial charge in [0.05, 0.1) is 12.8 Å². The normalized spacial score (nSPS) is 12.8. The Morgan fingerprint density at radius 1 is 1.40 bits per heavy atom. The highest BCUT2D eigenvalue weighted by Gasteiger charge is 2.09. The van der Waals surface area contributed by atoms with Crippen LogP contribution in [0.1, 0.15) is 36.5 Å². The second-order valence-electron chi connectivity index (χ2n) is 3.70. The van der Waals surface area contributed by atoms with Gasteiger partial charge < -0.3 is 5.11 Å². The minimum atomic E-state index is -0.468. The van der Waals surface area contributed by atoms with E-state index in [4.69, 9.17) is 0 Å². The smallest absolute Gasteiger partial charge is 0.0894 e. The van der Waals surface area contributed by atoms with Crippen molar-refractivity contribution in [3.8, 4) is 0 Å². The molecule has 0 amide bonds. The molecule has 1 nitrogen and oxygen atoms in total. The zero-order valence-corrected chi connectivity index (χ0v) is 10.4. The third-order valence-electron chi connectivity index (χ3n) is 2.45. The van der Waals surface area contributed by atoms with Crippen LogP contribution in [0.3, 0.4) is 0 Å². The van der Waals surface area contributed by atoms with Crippen molar-refractivity contribution >= 4 is 15.9 Å². The van der Waals surface area contributed by atoms with Crippen LogP contribution in [0, 0.1) is 6.92 Å².